The zero-order valence-corrected chi connectivity index (χ0v) is 8.55. The van der Waals surface area contributed by atoms with Crippen molar-refractivity contribution < 1.29 is 4.74 Å². The average molecular weight is 179 g/mol. The van der Waals surface area contributed by atoms with Crippen LogP contribution in [-0.2, 0) is 13.0 Å². The molecule has 0 amide bonds. The summed E-state index contributed by atoms with van der Waals surface area (Å²) in [6.45, 7) is 3.08. The molecule has 0 aliphatic carbocycles. The zero-order valence-electron chi connectivity index (χ0n) is 8.55. The topological polar surface area (TPSA) is 21.3 Å². The molecule has 0 heterocycles. The predicted octanol–water partition coefficient (Wildman–Crippen LogP) is 1.98. The fourth-order valence-corrected chi connectivity index (χ4v) is 1.42. The van der Waals surface area contributed by atoms with Crippen molar-refractivity contribution in [3.05, 3.63) is 29.3 Å². The first-order valence-electron chi connectivity index (χ1n) is 4.62. The highest BCUT2D eigenvalue weighted by Crippen LogP contribution is 2.17. The first-order valence-corrected chi connectivity index (χ1v) is 4.62. The summed E-state index contributed by atoms with van der Waals surface area (Å²) in [5, 5.41) is 3.16. The first-order chi connectivity index (χ1) is 6.31. The van der Waals surface area contributed by atoms with Crippen molar-refractivity contribution in [2.45, 2.75) is 19.9 Å². The Bertz CT molecular complexity index is 271. The van der Waals surface area contributed by atoms with Crippen LogP contribution in [0.3, 0.4) is 0 Å². The number of nitrogens with one attached hydrogen (secondary N) is 1. The van der Waals surface area contributed by atoms with E-state index in [1.807, 2.05) is 13.1 Å². The maximum Gasteiger partial charge on any atom is 0.119 e. The second-order valence-corrected chi connectivity index (χ2v) is 3.02. The number of benzene rings is 1. The third-order valence-corrected chi connectivity index (χ3v) is 2.16. The molecule has 72 valence electrons. The Hall–Kier alpha value is -1.02. The molecule has 1 aromatic rings. The molecule has 0 aromatic heterocycles. The lowest BCUT2D eigenvalue weighted by molar-refractivity contribution is 0.414. The number of methoxy groups -OCH3 is 1. The molecule has 0 spiro atoms. The van der Waals surface area contributed by atoms with Crippen LogP contribution in [-0.4, -0.2) is 14.2 Å². The number of aryl methyl sites for hydroxylation is 1. The van der Waals surface area contributed by atoms with Crippen LogP contribution in [0.4, 0.5) is 0 Å². The van der Waals surface area contributed by atoms with Gasteiger partial charge in [-0.15, -0.1) is 0 Å². The van der Waals surface area contributed by atoms with Crippen molar-refractivity contribution in [2.75, 3.05) is 14.2 Å². The van der Waals surface area contributed by atoms with Gasteiger partial charge in [0.1, 0.15) is 5.75 Å². The summed E-state index contributed by atoms with van der Waals surface area (Å²) in [4.78, 5) is 0. The standard InChI is InChI=1S/C11H17NO/c1-4-9-7-11(13-3)6-5-10(9)8-12-2/h5-7,12H,4,8H2,1-3H3. The molecule has 0 saturated heterocycles. The quantitative estimate of drug-likeness (QED) is 0.763. The van der Waals surface area contributed by atoms with E-state index in [0.717, 1.165) is 18.7 Å². The average Bonchev–Trinajstić information content (AvgIpc) is 2.19. The second-order valence-electron chi connectivity index (χ2n) is 3.02. The summed E-state index contributed by atoms with van der Waals surface area (Å²) in [5.74, 6) is 0.941. The molecule has 0 fully saturated rings. The summed E-state index contributed by atoms with van der Waals surface area (Å²) in [6, 6.07) is 6.23. The normalized spacial score (nSPS) is 10.1. The number of hydrogen-bond acceptors (Lipinski definition) is 2. The van der Waals surface area contributed by atoms with Crippen molar-refractivity contribution >= 4 is 0 Å². The summed E-state index contributed by atoms with van der Waals surface area (Å²) in [7, 11) is 3.66. The van der Waals surface area contributed by atoms with Crippen molar-refractivity contribution in [1.82, 2.24) is 5.32 Å². The fraction of sp³-hybridized carbons (Fsp3) is 0.455. The molecule has 0 saturated carbocycles. The Balaban J connectivity index is 2.93. The third-order valence-electron chi connectivity index (χ3n) is 2.16. The van der Waals surface area contributed by atoms with E-state index in [2.05, 4.69) is 24.4 Å². The number of rotatable bonds is 4. The molecule has 1 rings (SSSR count). The van der Waals surface area contributed by atoms with Crippen LogP contribution in [0.1, 0.15) is 18.1 Å². The maximum absolute atomic E-state index is 5.17. The maximum atomic E-state index is 5.17. The van der Waals surface area contributed by atoms with Crippen LogP contribution in [0.15, 0.2) is 18.2 Å². The van der Waals surface area contributed by atoms with Crippen molar-refractivity contribution in [2.24, 2.45) is 0 Å². The van der Waals surface area contributed by atoms with Gasteiger partial charge in [-0.2, -0.15) is 0 Å². The van der Waals surface area contributed by atoms with Crippen LogP contribution in [0, 0.1) is 0 Å². The van der Waals surface area contributed by atoms with Gasteiger partial charge in [-0.1, -0.05) is 13.0 Å². The van der Waals surface area contributed by atoms with Gasteiger partial charge in [-0.3, -0.25) is 0 Å². The minimum atomic E-state index is 0.924. The zero-order chi connectivity index (χ0) is 9.68. The van der Waals surface area contributed by atoms with Gasteiger partial charge >= 0.3 is 0 Å². The highest BCUT2D eigenvalue weighted by molar-refractivity contribution is 5.35. The van der Waals surface area contributed by atoms with Gasteiger partial charge in [0.05, 0.1) is 7.11 Å². The highest BCUT2D eigenvalue weighted by Gasteiger charge is 2.01. The largest absolute Gasteiger partial charge is 0.497 e. The van der Waals surface area contributed by atoms with Crippen LogP contribution in [0.2, 0.25) is 0 Å². The molecule has 2 heteroatoms. The van der Waals surface area contributed by atoms with E-state index >= 15 is 0 Å². The Kier molecular flexibility index (Phi) is 3.77. The molecule has 2 nitrogen and oxygen atoms in total. The fourth-order valence-electron chi connectivity index (χ4n) is 1.42. The summed E-state index contributed by atoms with van der Waals surface area (Å²) >= 11 is 0. The lowest BCUT2D eigenvalue weighted by Gasteiger charge is -2.09. The van der Waals surface area contributed by atoms with E-state index < -0.39 is 0 Å². The molecular formula is C11H17NO. The SMILES string of the molecule is CCc1cc(OC)ccc1CNC. The monoisotopic (exact) mass is 179 g/mol. The molecule has 0 bridgehead atoms. The van der Waals surface area contributed by atoms with Crippen LogP contribution >= 0.6 is 0 Å². The molecule has 13 heavy (non-hydrogen) atoms. The third kappa shape index (κ3) is 2.46. The smallest absolute Gasteiger partial charge is 0.119 e. The second kappa shape index (κ2) is 4.87. The van der Waals surface area contributed by atoms with Gasteiger partial charge < -0.3 is 10.1 Å². The predicted molar refractivity (Wildman–Crippen MR) is 55.1 cm³/mol. The minimum absolute atomic E-state index is 0.924. The first kappa shape index (κ1) is 10.1. The van der Waals surface area contributed by atoms with Crippen LogP contribution in [0.5, 0.6) is 5.75 Å². The van der Waals surface area contributed by atoms with E-state index in [1.54, 1.807) is 7.11 Å². The molecule has 0 unspecified atom stereocenters. The lowest BCUT2D eigenvalue weighted by Crippen LogP contribution is -2.07. The Morgan fingerprint density at radius 3 is 2.62 bits per heavy atom. The van der Waals surface area contributed by atoms with Gasteiger partial charge in [-0.25, -0.2) is 0 Å². The van der Waals surface area contributed by atoms with Crippen molar-refractivity contribution in [1.29, 1.82) is 0 Å². The van der Waals surface area contributed by atoms with E-state index in [4.69, 9.17) is 4.74 Å². The summed E-state index contributed by atoms with van der Waals surface area (Å²) in [6.07, 6.45) is 1.05. The van der Waals surface area contributed by atoms with Gasteiger partial charge in [0.15, 0.2) is 0 Å². The molecule has 0 radical (unpaired) electrons. The molecular weight excluding hydrogens is 162 g/mol. The lowest BCUT2D eigenvalue weighted by atomic mass is 10.0. The number of ether oxygens (including phenoxy) is 1. The summed E-state index contributed by atoms with van der Waals surface area (Å²) < 4.78 is 5.17. The van der Waals surface area contributed by atoms with Gasteiger partial charge in [-0.05, 0) is 36.7 Å². The van der Waals surface area contributed by atoms with Crippen molar-refractivity contribution in [3.63, 3.8) is 0 Å². The van der Waals surface area contributed by atoms with E-state index in [9.17, 15) is 0 Å². The van der Waals surface area contributed by atoms with E-state index in [1.165, 1.54) is 11.1 Å². The van der Waals surface area contributed by atoms with Crippen LogP contribution < -0.4 is 10.1 Å². The molecule has 1 N–H and O–H groups in total. The van der Waals surface area contributed by atoms with E-state index in [0.29, 0.717) is 0 Å². The molecule has 1 aromatic carbocycles. The summed E-state index contributed by atoms with van der Waals surface area (Å²) in [5.41, 5.74) is 2.71. The Morgan fingerprint density at radius 2 is 2.08 bits per heavy atom. The van der Waals surface area contributed by atoms with E-state index in [-0.39, 0.29) is 0 Å². The van der Waals surface area contributed by atoms with Crippen molar-refractivity contribution in [3.8, 4) is 5.75 Å². The van der Waals surface area contributed by atoms with Crippen LogP contribution in [0.25, 0.3) is 0 Å². The Morgan fingerprint density at radius 1 is 1.31 bits per heavy atom. The molecule has 0 atom stereocenters. The van der Waals surface area contributed by atoms with Gasteiger partial charge in [0.2, 0.25) is 0 Å². The molecule has 0 aliphatic rings. The Labute approximate surface area is 79.9 Å². The van der Waals surface area contributed by atoms with Gasteiger partial charge in [0.25, 0.3) is 0 Å². The number of hydrogen-bond donors (Lipinski definition) is 1. The minimum Gasteiger partial charge on any atom is -0.497 e. The molecule has 0 aliphatic heterocycles. The van der Waals surface area contributed by atoms with Gasteiger partial charge in [0, 0.05) is 6.54 Å². The highest BCUT2D eigenvalue weighted by atomic mass is 16.5.